The van der Waals surface area contributed by atoms with Crippen LogP contribution in [0.3, 0.4) is 0 Å². The Morgan fingerprint density at radius 1 is 1.12 bits per heavy atom. The minimum Gasteiger partial charge on any atom is -0.497 e. The summed E-state index contributed by atoms with van der Waals surface area (Å²) in [6, 6.07) is 4.27. The number of anilines is 1. The number of hydrogen-bond donors (Lipinski definition) is 1. The first kappa shape index (κ1) is 16.7. The van der Waals surface area contributed by atoms with Gasteiger partial charge in [0.2, 0.25) is 5.54 Å². The van der Waals surface area contributed by atoms with Crippen LogP contribution in [0.4, 0.5) is 10.5 Å². The van der Waals surface area contributed by atoms with E-state index in [1.807, 2.05) is 0 Å². The number of carbonyl (C=O) groups excluding carboxylic acids is 3. The number of amides is 4. The Bertz CT molecular complexity index is 793. The van der Waals surface area contributed by atoms with Gasteiger partial charge >= 0.3 is 6.03 Å². The summed E-state index contributed by atoms with van der Waals surface area (Å²) in [5.41, 5.74) is -0.944. The van der Waals surface area contributed by atoms with Crippen LogP contribution in [0, 0.1) is 0 Å². The van der Waals surface area contributed by atoms with Crippen molar-refractivity contribution in [1.29, 1.82) is 0 Å². The lowest BCUT2D eigenvalue weighted by Gasteiger charge is -2.42. The Morgan fingerprint density at radius 2 is 1.72 bits per heavy atom. The molecule has 0 bridgehead atoms. The fourth-order valence-corrected chi connectivity index (χ4v) is 2.95. The summed E-state index contributed by atoms with van der Waals surface area (Å²) in [6.07, 6.45) is 0. The average Bonchev–Trinajstić information content (AvgIpc) is 2.62. The molecule has 1 fully saturated rings. The first-order valence-electron chi connectivity index (χ1n) is 7.57. The Morgan fingerprint density at radius 3 is 2.24 bits per heavy atom. The third-order valence-electron chi connectivity index (χ3n) is 4.36. The quantitative estimate of drug-likeness (QED) is 0.735. The second kappa shape index (κ2) is 5.47. The molecular weight excluding hydrogens is 326 g/mol. The minimum atomic E-state index is -1.84. The van der Waals surface area contributed by atoms with Gasteiger partial charge in [-0.2, -0.15) is 0 Å². The standard InChI is InChI=1S/C16H19N5O4/c1-19(2)14-17-11-8-9(25-5)6-7-10(11)16(18-14)12(22)20(3)15(24)21(4)13(16)23/h6-8H,1-5H3,(H,17,18). The van der Waals surface area contributed by atoms with E-state index in [1.54, 1.807) is 37.2 Å². The molecule has 4 amide bonds. The molecule has 2 heterocycles. The number of ether oxygens (including phenoxy) is 1. The van der Waals surface area contributed by atoms with Crippen molar-refractivity contribution in [3.05, 3.63) is 23.8 Å². The van der Waals surface area contributed by atoms with Gasteiger partial charge in [-0.15, -0.1) is 0 Å². The normalized spacial score (nSPS) is 18.8. The third-order valence-corrected chi connectivity index (χ3v) is 4.36. The number of urea groups is 1. The molecule has 0 unspecified atom stereocenters. The van der Waals surface area contributed by atoms with Crippen LogP contribution in [0.25, 0.3) is 0 Å². The van der Waals surface area contributed by atoms with Crippen LogP contribution in [-0.2, 0) is 15.1 Å². The van der Waals surface area contributed by atoms with Gasteiger partial charge < -0.3 is 15.0 Å². The fraction of sp³-hybridized carbons (Fsp3) is 0.375. The fourth-order valence-electron chi connectivity index (χ4n) is 2.95. The number of rotatable bonds is 1. The van der Waals surface area contributed by atoms with Crippen LogP contribution in [0.15, 0.2) is 23.2 Å². The highest BCUT2D eigenvalue weighted by Gasteiger charge is 2.59. The molecule has 9 heteroatoms. The topological polar surface area (TPSA) is 94.6 Å². The van der Waals surface area contributed by atoms with E-state index < -0.39 is 23.4 Å². The van der Waals surface area contributed by atoms with Gasteiger partial charge in [-0.1, -0.05) is 0 Å². The van der Waals surface area contributed by atoms with Crippen molar-refractivity contribution >= 4 is 29.5 Å². The highest BCUT2D eigenvalue weighted by atomic mass is 16.5. The van der Waals surface area contributed by atoms with Gasteiger partial charge in [-0.05, 0) is 12.1 Å². The third kappa shape index (κ3) is 2.15. The molecule has 2 aliphatic heterocycles. The molecule has 0 saturated carbocycles. The summed E-state index contributed by atoms with van der Waals surface area (Å²) in [5, 5.41) is 3.09. The summed E-state index contributed by atoms with van der Waals surface area (Å²) >= 11 is 0. The zero-order valence-electron chi connectivity index (χ0n) is 14.7. The first-order valence-corrected chi connectivity index (χ1v) is 7.57. The average molecular weight is 345 g/mol. The second-order valence-corrected chi connectivity index (χ2v) is 6.09. The smallest absolute Gasteiger partial charge is 0.333 e. The van der Waals surface area contributed by atoms with E-state index in [0.717, 1.165) is 9.80 Å². The van der Waals surface area contributed by atoms with Crippen molar-refractivity contribution in [3.8, 4) is 5.75 Å². The first-order chi connectivity index (χ1) is 11.7. The maximum absolute atomic E-state index is 13.0. The van der Waals surface area contributed by atoms with E-state index in [2.05, 4.69) is 10.3 Å². The van der Waals surface area contributed by atoms with Crippen LogP contribution >= 0.6 is 0 Å². The Labute approximate surface area is 144 Å². The monoisotopic (exact) mass is 345 g/mol. The van der Waals surface area contributed by atoms with Crippen molar-refractivity contribution < 1.29 is 19.1 Å². The number of carbonyl (C=O) groups is 3. The minimum absolute atomic E-state index is 0.332. The number of imide groups is 2. The number of fused-ring (bicyclic) bond motifs is 2. The van der Waals surface area contributed by atoms with Crippen LogP contribution in [-0.4, -0.2) is 73.8 Å². The number of nitrogens with zero attached hydrogens (tertiary/aromatic N) is 4. The number of barbiturate groups is 1. The maximum Gasteiger partial charge on any atom is 0.333 e. The Kier molecular flexibility index (Phi) is 3.66. The van der Waals surface area contributed by atoms with Crippen LogP contribution in [0.1, 0.15) is 5.56 Å². The number of guanidine groups is 1. The maximum atomic E-state index is 13.0. The van der Waals surface area contributed by atoms with E-state index in [-0.39, 0.29) is 0 Å². The molecule has 25 heavy (non-hydrogen) atoms. The van der Waals surface area contributed by atoms with Gasteiger partial charge in [0.05, 0.1) is 12.8 Å². The highest BCUT2D eigenvalue weighted by Crippen LogP contribution is 2.42. The van der Waals surface area contributed by atoms with Crippen LogP contribution in [0.5, 0.6) is 5.75 Å². The van der Waals surface area contributed by atoms with Gasteiger partial charge in [0.25, 0.3) is 11.8 Å². The molecular formula is C16H19N5O4. The number of aliphatic imine (C=N–C) groups is 1. The lowest BCUT2D eigenvalue weighted by molar-refractivity contribution is -0.150. The summed E-state index contributed by atoms with van der Waals surface area (Å²) in [5.74, 6) is -0.478. The summed E-state index contributed by atoms with van der Waals surface area (Å²) in [4.78, 5) is 46.1. The molecule has 1 N–H and O–H groups in total. The molecule has 1 aromatic carbocycles. The number of methoxy groups -OCH3 is 1. The van der Waals surface area contributed by atoms with E-state index in [1.165, 1.54) is 21.2 Å². The zero-order chi connectivity index (χ0) is 18.5. The van der Waals surface area contributed by atoms with Crippen molar-refractivity contribution in [2.24, 2.45) is 4.99 Å². The molecule has 0 aliphatic carbocycles. The molecule has 0 atom stereocenters. The van der Waals surface area contributed by atoms with E-state index in [4.69, 9.17) is 4.74 Å². The molecule has 1 spiro atoms. The van der Waals surface area contributed by atoms with Crippen molar-refractivity contribution in [3.63, 3.8) is 0 Å². The van der Waals surface area contributed by atoms with Gasteiger partial charge in [0, 0.05) is 39.8 Å². The van der Waals surface area contributed by atoms with Gasteiger partial charge in [0.1, 0.15) is 5.75 Å². The van der Waals surface area contributed by atoms with Crippen molar-refractivity contribution in [2.45, 2.75) is 5.54 Å². The molecule has 0 radical (unpaired) electrons. The predicted octanol–water partition coefficient (Wildman–Crippen LogP) is 0.284. The Hall–Kier alpha value is -3.10. The lowest BCUT2D eigenvalue weighted by Crippen LogP contribution is -2.66. The van der Waals surface area contributed by atoms with Gasteiger partial charge in [-0.25, -0.2) is 9.79 Å². The molecule has 1 aromatic rings. The number of benzene rings is 1. The second-order valence-electron chi connectivity index (χ2n) is 6.09. The lowest BCUT2D eigenvalue weighted by atomic mass is 9.83. The summed E-state index contributed by atoms with van der Waals surface area (Å²) in [7, 11) is 7.68. The molecule has 132 valence electrons. The van der Waals surface area contributed by atoms with Gasteiger partial charge in [-0.3, -0.25) is 19.4 Å². The molecule has 3 rings (SSSR count). The molecule has 2 aliphatic rings. The van der Waals surface area contributed by atoms with Crippen molar-refractivity contribution in [2.75, 3.05) is 40.6 Å². The number of hydrogen-bond acceptors (Lipinski definition) is 7. The SMILES string of the molecule is COc1ccc2c(c1)NC(N(C)C)=NC21C(=O)N(C)C(=O)N(C)C1=O. The summed E-state index contributed by atoms with van der Waals surface area (Å²) in [6.45, 7) is 0. The van der Waals surface area contributed by atoms with E-state index in [9.17, 15) is 14.4 Å². The van der Waals surface area contributed by atoms with E-state index >= 15 is 0 Å². The number of likely N-dealkylation sites (N-methyl/N-ethyl adjacent to an activating group) is 2. The van der Waals surface area contributed by atoms with Gasteiger partial charge in [0.15, 0.2) is 5.96 Å². The highest BCUT2D eigenvalue weighted by molar-refractivity contribution is 6.25. The zero-order valence-corrected chi connectivity index (χ0v) is 14.7. The molecule has 1 saturated heterocycles. The van der Waals surface area contributed by atoms with Crippen LogP contribution in [0.2, 0.25) is 0 Å². The largest absolute Gasteiger partial charge is 0.497 e. The molecule has 9 nitrogen and oxygen atoms in total. The van der Waals surface area contributed by atoms with Crippen molar-refractivity contribution in [1.82, 2.24) is 14.7 Å². The summed E-state index contributed by atoms with van der Waals surface area (Å²) < 4.78 is 5.23. The van der Waals surface area contributed by atoms with E-state index in [0.29, 0.717) is 23.0 Å². The van der Waals surface area contributed by atoms with Crippen LogP contribution < -0.4 is 10.1 Å². The number of nitrogens with one attached hydrogen (secondary N) is 1. The molecule has 0 aromatic heterocycles. The Balaban J connectivity index is 2.31. The predicted molar refractivity (Wildman–Crippen MR) is 90.4 cm³/mol.